The summed E-state index contributed by atoms with van der Waals surface area (Å²) in [5, 5.41) is 19.9. The summed E-state index contributed by atoms with van der Waals surface area (Å²) in [6, 6.07) is -0.645. The Morgan fingerprint density at radius 1 is 1.73 bits per heavy atom. The lowest BCUT2D eigenvalue weighted by Gasteiger charge is -2.21. The van der Waals surface area contributed by atoms with Crippen molar-refractivity contribution >= 4 is 5.96 Å². The van der Waals surface area contributed by atoms with Crippen LogP contribution >= 0.6 is 0 Å². The van der Waals surface area contributed by atoms with E-state index in [4.69, 9.17) is 16.9 Å². The highest BCUT2D eigenvalue weighted by molar-refractivity contribution is 5.74. The van der Waals surface area contributed by atoms with Crippen molar-refractivity contribution in [3.63, 3.8) is 0 Å². The minimum atomic E-state index is -0.469. The first-order chi connectivity index (χ1) is 5.11. The van der Waals surface area contributed by atoms with Crippen molar-refractivity contribution < 1.29 is 5.11 Å². The minimum Gasteiger partial charge on any atom is -0.370 e. The summed E-state index contributed by atoms with van der Waals surface area (Å²) in [5.74, 6) is -0.138. The van der Waals surface area contributed by atoms with E-state index >= 15 is 0 Å². The van der Waals surface area contributed by atoms with Crippen molar-refractivity contribution in [2.75, 3.05) is 6.61 Å². The zero-order valence-corrected chi connectivity index (χ0v) is 6.63. The molecule has 0 bridgehead atoms. The van der Waals surface area contributed by atoms with Crippen LogP contribution in [0, 0.1) is 5.41 Å². The van der Waals surface area contributed by atoms with Crippen LogP contribution in [0.25, 0.3) is 0 Å². The molecule has 0 aromatic carbocycles. The molecule has 0 heterocycles. The molecule has 2 atom stereocenters. The number of rotatable bonds is 4. The molecule has 11 heavy (non-hydrogen) atoms. The normalized spacial score (nSPS) is 15.5. The summed E-state index contributed by atoms with van der Waals surface area (Å²) < 4.78 is 0. The van der Waals surface area contributed by atoms with E-state index in [1.54, 1.807) is 0 Å². The number of hydrogen-bond acceptors (Lipinski definition) is 2. The highest BCUT2D eigenvalue weighted by atomic mass is 16.3. The Kier molecular flexibility index (Phi) is 4.56. The second-order valence-electron chi connectivity index (χ2n) is 2.40. The average molecular weight is 159 g/mol. The van der Waals surface area contributed by atoms with Gasteiger partial charge in [-0.05, 0) is 6.42 Å². The van der Waals surface area contributed by atoms with Crippen LogP contribution in [0.4, 0.5) is 0 Å². The van der Waals surface area contributed by atoms with Gasteiger partial charge in [0.05, 0.1) is 12.6 Å². The lowest BCUT2D eigenvalue weighted by Crippen LogP contribution is -2.50. The predicted octanol–water partition coefficient (Wildman–Crippen LogP) is -0.994. The predicted molar refractivity (Wildman–Crippen MR) is 42.7 cm³/mol. The number of nitrogens with one attached hydrogen (secondary N) is 2. The Morgan fingerprint density at radius 3 is 2.55 bits per heavy atom. The SMILES string of the molecule is CCC(NC(=N)N)C(N)C[O]. The molecule has 1 radical (unpaired) electrons. The Hall–Kier alpha value is -0.810. The van der Waals surface area contributed by atoms with Gasteiger partial charge in [0.15, 0.2) is 5.96 Å². The molecule has 0 aromatic rings. The summed E-state index contributed by atoms with van der Waals surface area (Å²) in [7, 11) is 0. The zero-order valence-electron chi connectivity index (χ0n) is 6.63. The molecule has 0 amide bonds. The Morgan fingerprint density at radius 2 is 2.27 bits per heavy atom. The average Bonchev–Trinajstić information content (AvgIpc) is 1.98. The van der Waals surface area contributed by atoms with Gasteiger partial charge in [0.2, 0.25) is 0 Å². The molecule has 0 aliphatic carbocycles. The highest BCUT2D eigenvalue weighted by Crippen LogP contribution is 1.94. The molecule has 5 nitrogen and oxygen atoms in total. The van der Waals surface area contributed by atoms with Crippen molar-refractivity contribution in [3.8, 4) is 0 Å². The lowest BCUT2D eigenvalue weighted by atomic mass is 10.1. The van der Waals surface area contributed by atoms with Crippen LogP contribution < -0.4 is 16.8 Å². The van der Waals surface area contributed by atoms with E-state index in [1.165, 1.54) is 0 Å². The third-order valence-electron chi connectivity index (χ3n) is 1.49. The van der Waals surface area contributed by atoms with Crippen LogP contribution in [0.15, 0.2) is 0 Å². The summed E-state index contributed by atoms with van der Waals surface area (Å²) in [4.78, 5) is 0. The first-order valence-electron chi connectivity index (χ1n) is 3.56. The quantitative estimate of drug-likeness (QED) is 0.312. The van der Waals surface area contributed by atoms with E-state index in [1.807, 2.05) is 6.92 Å². The Labute approximate surface area is 66.3 Å². The van der Waals surface area contributed by atoms with E-state index in [0.29, 0.717) is 6.42 Å². The zero-order chi connectivity index (χ0) is 8.85. The van der Waals surface area contributed by atoms with Crippen molar-refractivity contribution in [3.05, 3.63) is 0 Å². The first kappa shape index (κ1) is 10.2. The van der Waals surface area contributed by atoms with Gasteiger partial charge in [0, 0.05) is 6.04 Å². The van der Waals surface area contributed by atoms with Crippen molar-refractivity contribution in [1.82, 2.24) is 5.32 Å². The lowest BCUT2D eigenvalue weighted by molar-refractivity contribution is 0.159. The molecular formula is C6H15N4O. The van der Waals surface area contributed by atoms with Gasteiger partial charge < -0.3 is 16.8 Å². The van der Waals surface area contributed by atoms with Crippen molar-refractivity contribution in [1.29, 1.82) is 5.41 Å². The van der Waals surface area contributed by atoms with Gasteiger partial charge in [0.1, 0.15) is 0 Å². The van der Waals surface area contributed by atoms with Crippen molar-refractivity contribution in [2.45, 2.75) is 25.4 Å². The fraction of sp³-hybridized carbons (Fsp3) is 0.833. The summed E-state index contributed by atoms with van der Waals surface area (Å²) in [6.45, 7) is 1.54. The third-order valence-corrected chi connectivity index (χ3v) is 1.49. The van der Waals surface area contributed by atoms with Crippen LogP contribution in [0.1, 0.15) is 13.3 Å². The molecule has 0 aliphatic heterocycles. The number of nitrogens with two attached hydrogens (primary N) is 2. The largest absolute Gasteiger partial charge is 0.370 e. The Balaban J connectivity index is 3.84. The number of guanidine groups is 1. The maximum atomic E-state index is 10.3. The molecule has 2 unspecified atom stereocenters. The molecule has 0 aliphatic rings. The number of hydrogen-bond donors (Lipinski definition) is 4. The van der Waals surface area contributed by atoms with E-state index < -0.39 is 6.04 Å². The monoisotopic (exact) mass is 159 g/mol. The van der Waals surface area contributed by atoms with Crippen LogP contribution in [0.3, 0.4) is 0 Å². The summed E-state index contributed by atoms with van der Waals surface area (Å²) in [5.41, 5.74) is 10.5. The Bertz CT molecular complexity index is 128. The second-order valence-corrected chi connectivity index (χ2v) is 2.40. The second kappa shape index (κ2) is 4.92. The molecule has 0 saturated heterocycles. The fourth-order valence-electron chi connectivity index (χ4n) is 0.828. The molecule has 65 valence electrons. The fourth-order valence-corrected chi connectivity index (χ4v) is 0.828. The van der Waals surface area contributed by atoms with Gasteiger partial charge in [-0.25, -0.2) is 5.11 Å². The third kappa shape index (κ3) is 3.79. The minimum absolute atomic E-state index is 0.138. The van der Waals surface area contributed by atoms with Gasteiger partial charge in [-0.1, -0.05) is 6.92 Å². The molecule has 6 N–H and O–H groups in total. The summed E-state index contributed by atoms with van der Waals surface area (Å²) >= 11 is 0. The molecular weight excluding hydrogens is 144 g/mol. The van der Waals surface area contributed by atoms with Gasteiger partial charge in [-0.3, -0.25) is 5.41 Å². The molecule has 0 saturated carbocycles. The molecule has 5 heteroatoms. The van der Waals surface area contributed by atoms with E-state index in [9.17, 15) is 5.11 Å². The van der Waals surface area contributed by atoms with Gasteiger partial charge in [-0.15, -0.1) is 0 Å². The van der Waals surface area contributed by atoms with Crippen LogP contribution in [-0.2, 0) is 5.11 Å². The van der Waals surface area contributed by atoms with Crippen molar-refractivity contribution in [2.24, 2.45) is 11.5 Å². The first-order valence-corrected chi connectivity index (χ1v) is 3.56. The maximum Gasteiger partial charge on any atom is 0.185 e. The molecule has 0 aromatic heterocycles. The summed E-state index contributed by atoms with van der Waals surface area (Å²) in [6.07, 6.45) is 0.697. The van der Waals surface area contributed by atoms with Gasteiger partial charge >= 0.3 is 0 Å². The van der Waals surface area contributed by atoms with Crippen LogP contribution in [0.2, 0.25) is 0 Å². The van der Waals surface area contributed by atoms with Crippen LogP contribution in [0.5, 0.6) is 0 Å². The van der Waals surface area contributed by atoms with Crippen LogP contribution in [-0.4, -0.2) is 24.7 Å². The molecule has 0 fully saturated rings. The topological polar surface area (TPSA) is 108 Å². The standard InChI is InChI=1S/C6H15N4O/c1-2-5(4(7)3-11)10-6(8)9/h4-5H,2-3,7H2,1H3,(H4,8,9,10). The maximum absolute atomic E-state index is 10.3. The van der Waals surface area contributed by atoms with E-state index in [-0.39, 0.29) is 18.6 Å². The van der Waals surface area contributed by atoms with Gasteiger partial charge in [-0.2, -0.15) is 0 Å². The van der Waals surface area contributed by atoms with Gasteiger partial charge in [0.25, 0.3) is 0 Å². The van der Waals surface area contributed by atoms with E-state index in [2.05, 4.69) is 5.32 Å². The highest BCUT2D eigenvalue weighted by Gasteiger charge is 2.14. The molecule has 0 rings (SSSR count). The molecule has 0 spiro atoms. The smallest absolute Gasteiger partial charge is 0.185 e. The van der Waals surface area contributed by atoms with E-state index in [0.717, 1.165) is 0 Å².